The molecule has 108 valence electrons. The Morgan fingerprint density at radius 2 is 1.68 bits per heavy atom. The highest BCUT2D eigenvalue weighted by atomic mass is 31.2. The number of fused-ring (bicyclic) bond motifs is 1. The van der Waals surface area contributed by atoms with E-state index in [0.717, 1.165) is 12.8 Å². The Morgan fingerprint density at radius 1 is 1.11 bits per heavy atom. The van der Waals surface area contributed by atoms with E-state index in [9.17, 15) is 4.57 Å². The molecule has 1 aliphatic heterocycles. The topological polar surface area (TPSA) is 23.6 Å². The van der Waals surface area contributed by atoms with Crippen molar-refractivity contribution < 1.29 is 4.57 Å². The van der Waals surface area contributed by atoms with E-state index in [0.29, 0.717) is 18.2 Å². The molecule has 0 amide bonds. The van der Waals surface area contributed by atoms with Crippen LogP contribution in [-0.4, -0.2) is 41.7 Å². The first-order valence-electron chi connectivity index (χ1n) is 7.43. The quantitative estimate of drug-likeness (QED) is 0.434. The van der Waals surface area contributed by atoms with Crippen molar-refractivity contribution in [3.63, 3.8) is 0 Å². The van der Waals surface area contributed by atoms with Crippen molar-refractivity contribution in [1.82, 2.24) is 9.34 Å². The van der Waals surface area contributed by atoms with Gasteiger partial charge in [0.05, 0.1) is 0 Å². The first kappa shape index (κ1) is 15.0. The van der Waals surface area contributed by atoms with E-state index in [1.807, 2.05) is 6.08 Å². The fourth-order valence-electron chi connectivity index (χ4n) is 3.45. The second-order valence-corrected chi connectivity index (χ2v) is 8.71. The molecular weight excluding hydrogens is 255 g/mol. The van der Waals surface area contributed by atoms with Gasteiger partial charge >= 0.3 is 0 Å². The predicted molar refractivity (Wildman–Crippen MR) is 82.6 cm³/mol. The number of rotatable bonds is 5. The highest BCUT2D eigenvalue weighted by Crippen LogP contribution is 2.61. The van der Waals surface area contributed by atoms with E-state index in [2.05, 4.69) is 42.2 Å². The van der Waals surface area contributed by atoms with Crippen molar-refractivity contribution in [2.45, 2.75) is 50.6 Å². The summed E-state index contributed by atoms with van der Waals surface area (Å²) in [4.78, 5) is 0. The highest BCUT2D eigenvalue weighted by Gasteiger charge is 2.50. The van der Waals surface area contributed by atoms with Gasteiger partial charge in [0.15, 0.2) is 0 Å². The minimum Gasteiger partial charge on any atom is -0.288 e. The lowest BCUT2D eigenvalue weighted by molar-refractivity contribution is 0.233. The zero-order valence-corrected chi connectivity index (χ0v) is 13.2. The van der Waals surface area contributed by atoms with Crippen molar-refractivity contribution in [3.8, 4) is 0 Å². The minimum absolute atomic E-state index is 0.506. The third kappa shape index (κ3) is 2.89. The van der Waals surface area contributed by atoms with Gasteiger partial charge in [0.25, 0.3) is 0 Å². The second kappa shape index (κ2) is 6.39. The molecule has 0 bridgehead atoms. The van der Waals surface area contributed by atoms with Crippen LogP contribution in [0, 0.1) is 0 Å². The van der Waals surface area contributed by atoms with E-state index >= 15 is 0 Å². The minimum atomic E-state index is -2.35. The van der Waals surface area contributed by atoms with Crippen LogP contribution in [-0.2, 0) is 4.57 Å². The molecule has 0 aromatic heterocycles. The number of allylic oxidation sites excluding steroid dienone is 3. The molecule has 1 saturated carbocycles. The summed E-state index contributed by atoms with van der Waals surface area (Å²) in [7, 11) is 1.77. The lowest BCUT2D eigenvalue weighted by Crippen LogP contribution is -2.37. The van der Waals surface area contributed by atoms with E-state index in [1.165, 1.54) is 25.7 Å². The summed E-state index contributed by atoms with van der Waals surface area (Å²) in [6, 6.07) is 1.01. The van der Waals surface area contributed by atoms with E-state index in [4.69, 9.17) is 0 Å². The fourth-order valence-corrected chi connectivity index (χ4v) is 6.30. The van der Waals surface area contributed by atoms with Gasteiger partial charge in [-0.05, 0) is 39.8 Å². The molecular formula is C15H27N2OP. The van der Waals surface area contributed by atoms with E-state index < -0.39 is 7.44 Å². The highest BCUT2D eigenvalue weighted by molar-refractivity contribution is 7.59. The maximum atomic E-state index is 13.3. The summed E-state index contributed by atoms with van der Waals surface area (Å²) in [6.07, 6.45) is 13.8. The van der Waals surface area contributed by atoms with Crippen molar-refractivity contribution in [2.24, 2.45) is 0 Å². The molecule has 1 aliphatic carbocycles. The summed E-state index contributed by atoms with van der Waals surface area (Å²) in [5.74, 6) is 0. The zero-order chi connectivity index (χ0) is 13.9. The summed E-state index contributed by atoms with van der Waals surface area (Å²) >= 11 is 0. The number of likely N-dealkylation sites (N-methyl/N-ethyl adjacent to an activating group) is 2. The average Bonchev–Trinajstić information content (AvgIpc) is 2.62. The molecule has 0 aromatic carbocycles. The van der Waals surface area contributed by atoms with Crippen molar-refractivity contribution in [3.05, 3.63) is 24.8 Å². The molecule has 0 spiro atoms. The molecule has 0 unspecified atom stereocenters. The summed E-state index contributed by atoms with van der Waals surface area (Å²) in [5, 5.41) is 0. The Hall–Kier alpha value is -0.370. The van der Waals surface area contributed by atoms with E-state index in [-0.39, 0.29) is 0 Å². The predicted octanol–water partition coefficient (Wildman–Crippen LogP) is 3.89. The van der Waals surface area contributed by atoms with Gasteiger partial charge in [-0.3, -0.25) is 4.57 Å². The van der Waals surface area contributed by atoms with Gasteiger partial charge in [-0.15, -0.1) is 6.58 Å². The Bertz CT molecular complexity index is 372. The molecule has 3 nitrogen and oxygen atoms in total. The van der Waals surface area contributed by atoms with Crippen LogP contribution in [0.3, 0.4) is 0 Å². The van der Waals surface area contributed by atoms with Crippen LogP contribution in [0.2, 0.25) is 0 Å². The van der Waals surface area contributed by atoms with Gasteiger partial charge in [-0.1, -0.05) is 31.1 Å². The van der Waals surface area contributed by atoms with Gasteiger partial charge in [-0.25, -0.2) is 9.34 Å². The SMILES string of the molecule is C=CCC/C=C/CP1(=O)N(C)[C@@H]2CCCC[C@H]2N1C. The van der Waals surface area contributed by atoms with Crippen LogP contribution >= 0.6 is 7.44 Å². The number of hydrogen-bond acceptors (Lipinski definition) is 1. The van der Waals surface area contributed by atoms with Crippen LogP contribution in [0.15, 0.2) is 24.8 Å². The van der Waals surface area contributed by atoms with Crippen LogP contribution < -0.4 is 0 Å². The molecule has 0 aromatic rings. The molecule has 2 atom stereocenters. The van der Waals surface area contributed by atoms with Crippen molar-refractivity contribution in [1.29, 1.82) is 0 Å². The third-order valence-electron chi connectivity index (χ3n) is 4.69. The number of nitrogens with zero attached hydrogens (tertiary/aromatic N) is 2. The normalized spacial score (nSPS) is 31.7. The summed E-state index contributed by atoms with van der Waals surface area (Å²) < 4.78 is 17.6. The largest absolute Gasteiger partial charge is 0.288 e. The molecule has 19 heavy (non-hydrogen) atoms. The smallest absolute Gasteiger partial charge is 0.220 e. The van der Waals surface area contributed by atoms with Crippen LogP contribution in [0.4, 0.5) is 0 Å². The Kier molecular flexibility index (Phi) is 5.05. The van der Waals surface area contributed by atoms with Crippen LogP contribution in [0.25, 0.3) is 0 Å². The fraction of sp³-hybridized carbons (Fsp3) is 0.733. The van der Waals surface area contributed by atoms with Crippen molar-refractivity contribution >= 4 is 7.44 Å². The van der Waals surface area contributed by atoms with E-state index in [1.54, 1.807) is 0 Å². The molecule has 2 fully saturated rings. The average molecular weight is 282 g/mol. The molecule has 1 heterocycles. The standard InChI is InChI=1S/C15H27N2OP/c1-4-5-6-7-10-13-19(18)16(2)14-11-8-9-12-15(14)17(19)3/h4,7,10,14-15H,1,5-6,8-9,11-13H2,2-3H3/b10-7+/t14-,15-/m1/s1. The van der Waals surface area contributed by atoms with Gasteiger partial charge in [-0.2, -0.15) is 0 Å². The third-order valence-corrected chi connectivity index (χ3v) is 7.94. The Labute approximate surface area is 117 Å². The molecule has 0 N–H and O–H groups in total. The first-order chi connectivity index (χ1) is 9.11. The molecule has 4 heteroatoms. The molecule has 1 saturated heterocycles. The second-order valence-electron chi connectivity index (χ2n) is 5.75. The van der Waals surface area contributed by atoms with Gasteiger partial charge in [0, 0.05) is 18.2 Å². The van der Waals surface area contributed by atoms with Gasteiger partial charge < -0.3 is 0 Å². The lowest BCUT2D eigenvalue weighted by atomic mass is 9.91. The number of hydrogen-bond donors (Lipinski definition) is 0. The number of unbranched alkanes of at least 4 members (excludes halogenated alkanes) is 1. The monoisotopic (exact) mass is 282 g/mol. The van der Waals surface area contributed by atoms with Gasteiger partial charge in [0.1, 0.15) is 0 Å². The van der Waals surface area contributed by atoms with Crippen molar-refractivity contribution in [2.75, 3.05) is 20.3 Å². The zero-order valence-electron chi connectivity index (χ0n) is 12.3. The Morgan fingerprint density at radius 3 is 2.21 bits per heavy atom. The lowest BCUT2D eigenvalue weighted by Gasteiger charge is -2.28. The first-order valence-corrected chi connectivity index (χ1v) is 9.22. The van der Waals surface area contributed by atoms with Crippen LogP contribution in [0.1, 0.15) is 38.5 Å². The van der Waals surface area contributed by atoms with Gasteiger partial charge in [0.2, 0.25) is 7.44 Å². The summed E-state index contributed by atoms with van der Waals surface area (Å²) in [6.45, 7) is 3.72. The maximum Gasteiger partial charge on any atom is 0.220 e. The molecule has 2 rings (SSSR count). The summed E-state index contributed by atoms with van der Waals surface area (Å²) in [5.41, 5.74) is 0. The molecule has 0 radical (unpaired) electrons. The van der Waals surface area contributed by atoms with Crippen LogP contribution in [0.5, 0.6) is 0 Å². The Balaban J connectivity index is 2.02. The maximum absolute atomic E-state index is 13.3. The molecule has 2 aliphatic rings.